The molecule has 0 bridgehead atoms. The van der Waals surface area contributed by atoms with Crippen LogP contribution in [0.1, 0.15) is 23.4 Å². The second kappa shape index (κ2) is 10.4. The molecule has 158 valence electrons. The molecule has 30 heavy (non-hydrogen) atoms. The Morgan fingerprint density at radius 1 is 1.07 bits per heavy atom. The molecule has 4 rings (SSSR count). The Labute approximate surface area is 193 Å². The number of aliphatic imine (C=N–C) groups is 1. The quantitative estimate of drug-likeness (QED) is 0.152. The Morgan fingerprint density at radius 3 is 2.80 bits per heavy atom. The van der Waals surface area contributed by atoms with E-state index in [1.807, 2.05) is 28.8 Å². The number of nitrogens with zero attached hydrogens (tertiary/aromatic N) is 4. The van der Waals surface area contributed by atoms with Crippen LogP contribution in [0.15, 0.2) is 53.8 Å². The second-order valence-electron chi connectivity index (χ2n) is 7.14. The number of aromatic amines is 1. The van der Waals surface area contributed by atoms with Crippen molar-refractivity contribution in [2.45, 2.75) is 26.2 Å². The summed E-state index contributed by atoms with van der Waals surface area (Å²) in [5.74, 6) is 1.81. The lowest BCUT2D eigenvalue weighted by Gasteiger charge is -2.11. The first kappa shape index (κ1) is 22.1. The maximum atomic E-state index is 4.32. The number of rotatable bonds is 7. The number of guanidine groups is 1. The fourth-order valence-electron chi connectivity index (χ4n) is 3.70. The third kappa shape index (κ3) is 4.92. The fraction of sp³-hybridized carbons (Fsp3) is 0.318. The van der Waals surface area contributed by atoms with E-state index >= 15 is 0 Å². The number of benzene rings is 1. The second-order valence-corrected chi connectivity index (χ2v) is 7.14. The molecule has 0 aliphatic carbocycles. The summed E-state index contributed by atoms with van der Waals surface area (Å²) in [6.07, 6.45) is 6.88. The molecule has 1 aromatic carbocycles. The third-order valence-electron chi connectivity index (χ3n) is 5.16. The lowest BCUT2D eigenvalue weighted by atomic mass is 10.1. The van der Waals surface area contributed by atoms with E-state index in [4.69, 9.17) is 0 Å². The molecule has 0 unspecified atom stereocenters. The molecule has 0 radical (unpaired) electrons. The van der Waals surface area contributed by atoms with Gasteiger partial charge < -0.3 is 15.6 Å². The van der Waals surface area contributed by atoms with Crippen LogP contribution in [0.25, 0.3) is 16.6 Å². The van der Waals surface area contributed by atoms with Crippen LogP contribution >= 0.6 is 24.0 Å². The smallest absolute Gasteiger partial charge is 0.190 e. The maximum absolute atomic E-state index is 4.32. The van der Waals surface area contributed by atoms with Gasteiger partial charge in [0.2, 0.25) is 0 Å². The summed E-state index contributed by atoms with van der Waals surface area (Å²) in [6, 6.07) is 12.3. The van der Waals surface area contributed by atoms with Crippen LogP contribution in [-0.4, -0.2) is 45.7 Å². The predicted molar refractivity (Wildman–Crippen MR) is 133 cm³/mol. The van der Waals surface area contributed by atoms with Gasteiger partial charge in [-0.3, -0.25) is 9.39 Å². The zero-order valence-corrected chi connectivity index (χ0v) is 19.7. The van der Waals surface area contributed by atoms with Crippen molar-refractivity contribution in [1.29, 1.82) is 0 Å². The van der Waals surface area contributed by atoms with E-state index in [1.54, 1.807) is 7.05 Å². The SMILES string of the molecule is CN=C(NCCCc1nnc2ccccn12)NCCc1c[nH]c2cccc(C)c12.I. The fourth-order valence-corrected chi connectivity index (χ4v) is 3.70. The highest BCUT2D eigenvalue weighted by atomic mass is 127. The molecular formula is C22H28IN7. The summed E-state index contributed by atoms with van der Waals surface area (Å²) in [4.78, 5) is 7.69. The van der Waals surface area contributed by atoms with Crippen LogP contribution in [0.4, 0.5) is 0 Å². The van der Waals surface area contributed by atoms with Crippen molar-refractivity contribution in [2.24, 2.45) is 4.99 Å². The largest absolute Gasteiger partial charge is 0.361 e. The van der Waals surface area contributed by atoms with Gasteiger partial charge in [-0.15, -0.1) is 34.2 Å². The summed E-state index contributed by atoms with van der Waals surface area (Å²) in [7, 11) is 1.80. The summed E-state index contributed by atoms with van der Waals surface area (Å²) < 4.78 is 2.04. The molecule has 0 spiro atoms. The molecular weight excluding hydrogens is 489 g/mol. The Hall–Kier alpha value is -2.62. The van der Waals surface area contributed by atoms with Gasteiger partial charge in [0.05, 0.1) is 0 Å². The number of fused-ring (bicyclic) bond motifs is 2. The molecule has 0 saturated carbocycles. The average molecular weight is 517 g/mol. The van der Waals surface area contributed by atoms with Crippen molar-refractivity contribution >= 4 is 46.5 Å². The maximum Gasteiger partial charge on any atom is 0.190 e. The number of halogens is 1. The van der Waals surface area contributed by atoms with Gasteiger partial charge in [0.25, 0.3) is 0 Å². The monoisotopic (exact) mass is 517 g/mol. The number of pyridine rings is 1. The van der Waals surface area contributed by atoms with Crippen LogP contribution < -0.4 is 10.6 Å². The van der Waals surface area contributed by atoms with Gasteiger partial charge in [0.1, 0.15) is 5.82 Å². The summed E-state index contributed by atoms with van der Waals surface area (Å²) in [5, 5.41) is 16.6. The third-order valence-corrected chi connectivity index (χ3v) is 5.16. The van der Waals surface area contributed by atoms with Crippen molar-refractivity contribution in [3.8, 4) is 0 Å². The minimum Gasteiger partial charge on any atom is -0.361 e. The highest BCUT2D eigenvalue weighted by Crippen LogP contribution is 2.22. The van der Waals surface area contributed by atoms with E-state index < -0.39 is 0 Å². The van der Waals surface area contributed by atoms with Gasteiger partial charge in [0.15, 0.2) is 11.6 Å². The molecule has 8 heteroatoms. The normalized spacial score (nSPS) is 11.6. The molecule has 0 aliphatic rings. The summed E-state index contributed by atoms with van der Waals surface area (Å²) >= 11 is 0. The molecule has 3 heterocycles. The van der Waals surface area contributed by atoms with Crippen LogP contribution in [0, 0.1) is 6.92 Å². The lowest BCUT2D eigenvalue weighted by Crippen LogP contribution is -2.38. The molecule has 3 aromatic heterocycles. The number of hydrogen-bond acceptors (Lipinski definition) is 3. The van der Waals surface area contributed by atoms with Crippen molar-refractivity contribution in [1.82, 2.24) is 30.2 Å². The molecule has 3 N–H and O–H groups in total. The Morgan fingerprint density at radius 2 is 1.93 bits per heavy atom. The number of H-pyrrole nitrogens is 1. The van der Waals surface area contributed by atoms with E-state index in [-0.39, 0.29) is 24.0 Å². The van der Waals surface area contributed by atoms with E-state index in [2.05, 4.69) is 62.1 Å². The number of nitrogens with one attached hydrogen (secondary N) is 3. The van der Waals surface area contributed by atoms with Crippen molar-refractivity contribution in [3.05, 3.63) is 65.7 Å². The van der Waals surface area contributed by atoms with Gasteiger partial charge >= 0.3 is 0 Å². The molecule has 0 saturated heterocycles. The molecule has 0 atom stereocenters. The lowest BCUT2D eigenvalue weighted by molar-refractivity contribution is 0.713. The zero-order valence-electron chi connectivity index (χ0n) is 17.4. The Bertz CT molecular complexity index is 1130. The van der Waals surface area contributed by atoms with E-state index in [0.717, 1.165) is 49.8 Å². The predicted octanol–water partition coefficient (Wildman–Crippen LogP) is 3.48. The first-order chi connectivity index (χ1) is 14.3. The van der Waals surface area contributed by atoms with E-state index in [9.17, 15) is 0 Å². The van der Waals surface area contributed by atoms with Crippen LogP contribution in [-0.2, 0) is 12.8 Å². The molecule has 0 amide bonds. The number of aromatic nitrogens is 4. The van der Waals surface area contributed by atoms with Gasteiger partial charge in [-0.05, 0) is 49.1 Å². The van der Waals surface area contributed by atoms with Crippen molar-refractivity contribution in [3.63, 3.8) is 0 Å². The number of aryl methyl sites for hydroxylation is 2. The minimum atomic E-state index is 0. The van der Waals surface area contributed by atoms with Gasteiger partial charge in [-0.1, -0.05) is 18.2 Å². The van der Waals surface area contributed by atoms with E-state index in [1.165, 1.54) is 22.0 Å². The van der Waals surface area contributed by atoms with Gasteiger partial charge in [-0.2, -0.15) is 0 Å². The molecule has 0 aliphatic heterocycles. The average Bonchev–Trinajstić information content (AvgIpc) is 3.35. The minimum absolute atomic E-state index is 0. The number of hydrogen-bond donors (Lipinski definition) is 3. The first-order valence-electron chi connectivity index (χ1n) is 10.0. The highest BCUT2D eigenvalue weighted by molar-refractivity contribution is 14.0. The summed E-state index contributed by atoms with van der Waals surface area (Å²) in [5.41, 5.74) is 4.73. The Balaban J connectivity index is 0.00000256. The van der Waals surface area contributed by atoms with Crippen LogP contribution in [0.3, 0.4) is 0 Å². The standard InChI is InChI=1S/C22H27N7.HI/c1-16-7-5-8-18-21(16)17(15-26-18)11-13-25-22(23-2)24-12-6-10-20-28-27-19-9-3-4-14-29(19)20;/h3-5,7-9,14-15,26H,6,10-13H2,1-2H3,(H2,23,24,25);1H. The Kier molecular flexibility index (Phi) is 7.67. The van der Waals surface area contributed by atoms with Crippen LogP contribution in [0.5, 0.6) is 0 Å². The summed E-state index contributed by atoms with van der Waals surface area (Å²) in [6.45, 7) is 3.82. The van der Waals surface area contributed by atoms with Crippen molar-refractivity contribution < 1.29 is 0 Å². The zero-order chi connectivity index (χ0) is 20.1. The highest BCUT2D eigenvalue weighted by Gasteiger charge is 2.07. The van der Waals surface area contributed by atoms with Crippen LogP contribution in [0.2, 0.25) is 0 Å². The van der Waals surface area contributed by atoms with Gasteiger partial charge in [0, 0.05) is 49.9 Å². The molecule has 0 fully saturated rings. The topological polar surface area (TPSA) is 82.4 Å². The van der Waals surface area contributed by atoms with E-state index in [0.29, 0.717) is 0 Å². The van der Waals surface area contributed by atoms with Crippen molar-refractivity contribution in [2.75, 3.05) is 20.1 Å². The van der Waals surface area contributed by atoms with Gasteiger partial charge in [-0.25, -0.2) is 0 Å². The molecule has 7 nitrogen and oxygen atoms in total. The molecule has 4 aromatic rings. The first-order valence-corrected chi connectivity index (χ1v) is 10.0.